The van der Waals surface area contributed by atoms with E-state index in [2.05, 4.69) is 16.4 Å². The number of hydrogen-bond acceptors (Lipinski definition) is 3. The highest BCUT2D eigenvalue weighted by Gasteiger charge is 2.08. The second-order valence-corrected chi connectivity index (χ2v) is 4.05. The van der Waals surface area contributed by atoms with Gasteiger partial charge < -0.3 is 5.32 Å². The number of aryl methyl sites for hydroxylation is 2. The third-order valence-corrected chi connectivity index (χ3v) is 2.54. The summed E-state index contributed by atoms with van der Waals surface area (Å²) in [6.07, 6.45) is 0. The lowest BCUT2D eigenvalue weighted by atomic mass is 10.1. The first kappa shape index (κ1) is 12.1. The predicted octanol–water partition coefficient (Wildman–Crippen LogP) is 3.45. The van der Waals surface area contributed by atoms with E-state index in [1.807, 2.05) is 19.9 Å². The Morgan fingerprint density at radius 1 is 1.28 bits per heavy atom. The number of aromatic nitrogens is 1. The lowest BCUT2D eigenvalue weighted by molar-refractivity contribution is 0.628. The van der Waals surface area contributed by atoms with Crippen molar-refractivity contribution in [3.05, 3.63) is 53.0 Å². The van der Waals surface area contributed by atoms with Gasteiger partial charge in [-0.1, -0.05) is 6.07 Å². The molecule has 1 heterocycles. The Labute approximate surface area is 105 Å². The maximum Gasteiger partial charge on any atom is 0.148 e. The van der Waals surface area contributed by atoms with E-state index < -0.39 is 0 Å². The number of halogens is 1. The number of benzene rings is 1. The summed E-state index contributed by atoms with van der Waals surface area (Å²) in [5.41, 5.74) is 2.71. The molecule has 0 bridgehead atoms. The molecule has 2 rings (SSSR count). The van der Waals surface area contributed by atoms with Crippen LogP contribution in [0.15, 0.2) is 30.3 Å². The van der Waals surface area contributed by atoms with Gasteiger partial charge in [-0.2, -0.15) is 5.26 Å². The summed E-state index contributed by atoms with van der Waals surface area (Å²) in [5.74, 6) is 0.128. The van der Waals surface area contributed by atoms with Gasteiger partial charge in [0.1, 0.15) is 17.7 Å². The van der Waals surface area contributed by atoms with Crippen molar-refractivity contribution in [2.45, 2.75) is 13.8 Å². The van der Waals surface area contributed by atoms with Gasteiger partial charge in [0.2, 0.25) is 0 Å². The Morgan fingerprint density at radius 2 is 2.06 bits per heavy atom. The molecule has 1 N–H and O–H groups in total. The van der Waals surface area contributed by atoms with E-state index in [4.69, 9.17) is 5.26 Å². The average Bonchev–Trinajstić information content (AvgIpc) is 2.28. The molecule has 0 saturated heterocycles. The summed E-state index contributed by atoms with van der Waals surface area (Å²) >= 11 is 0. The van der Waals surface area contributed by atoms with Crippen LogP contribution >= 0.6 is 0 Å². The predicted molar refractivity (Wildman–Crippen MR) is 68.1 cm³/mol. The molecule has 0 unspecified atom stereocenters. The molecular weight excluding hydrogens is 229 g/mol. The van der Waals surface area contributed by atoms with Gasteiger partial charge in [-0.3, -0.25) is 0 Å². The first-order valence-electron chi connectivity index (χ1n) is 5.51. The maximum atomic E-state index is 13.1. The summed E-state index contributed by atoms with van der Waals surface area (Å²) in [5, 5.41) is 12.1. The molecule has 0 saturated carbocycles. The van der Waals surface area contributed by atoms with Crippen LogP contribution in [0.25, 0.3) is 0 Å². The largest absolute Gasteiger partial charge is 0.339 e. The summed E-state index contributed by atoms with van der Waals surface area (Å²) in [7, 11) is 0. The lowest BCUT2D eigenvalue weighted by Crippen LogP contribution is -2.00. The molecule has 0 fully saturated rings. The Hall–Kier alpha value is -2.41. The zero-order valence-corrected chi connectivity index (χ0v) is 10.2. The van der Waals surface area contributed by atoms with Crippen molar-refractivity contribution in [2.75, 3.05) is 5.32 Å². The molecule has 1 aromatic heterocycles. The fourth-order valence-corrected chi connectivity index (χ4v) is 1.77. The summed E-state index contributed by atoms with van der Waals surface area (Å²) in [4.78, 5) is 4.27. The SMILES string of the molecule is Cc1cc(C)c(C#N)c(Nc2cccc(F)c2)n1. The van der Waals surface area contributed by atoms with Crippen molar-refractivity contribution < 1.29 is 4.39 Å². The standard InChI is InChI=1S/C14H12FN3/c1-9-6-10(2)17-14(13(9)8-16)18-12-5-3-4-11(15)7-12/h3-7H,1-2H3,(H,17,18). The van der Waals surface area contributed by atoms with E-state index in [1.54, 1.807) is 12.1 Å². The van der Waals surface area contributed by atoms with Crippen molar-refractivity contribution in [1.29, 1.82) is 5.26 Å². The topological polar surface area (TPSA) is 48.7 Å². The number of anilines is 2. The smallest absolute Gasteiger partial charge is 0.148 e. The summed E-state index contributed by atoms with van der Waals surface area (Å²) in [6, 6.07) is 10.0. The minimum absolute atomic E-state index is 0.331. The monoisotopic (exact) mass is 241 g/mol. The van der Waals surface area contributed by atoms with Gasteiger partial charge >= 0.3 is 0 Å². The van der Waals surface area contributed by atoms with E-state index in [-0.39, 0.29) is 5.82 Å². The second kappa shape index (κ2) is 4.84. The van der Waals surface area contributed by atoms with Crippen molar-refractivity contribution in [3.63, 3.8) is 0 Å². The third-order valence-electron chi connectivity index (χ3n) is 2.54. The van der Waals surface area contributed by atoms with Crippen LogP contribution in [0, 0.1) is 31.0 Å². The number of hydrogen-bond donors (Lipinski definition) is 1. The zero-order chi connectivity index (χ0) is 13.1. The van der Waals surface area contributed by atoms with Gasteiger partial charge in [-0.15, -0.1) is 0 Å². The molecule has 1 aromatic carbocycles. The summed E-state index contributed by atoms with van der Waals surface area (Å²) in [6.45, 7) is 3.70. The molecule has 0 aliphatic carbocycles. The minimum atomic E-state index is -0.331. The fourth-order valence-electron chi connectivity index (χ4n) is 1.77. The van der Waals surface area contributed by atoms with Crippen molar-refractivity contribution in [2.24, 2.45) is 0 Å². The average molecular weight is 241 g/mol. The van der Waals surface area contributed by atoms with Gasteiger partial charge in [0.15, 0.2) is 0 Å². The number of nitrogens with one attached hydrogen (secondary N) is 1. The highest BCUT2D eigenvalue weighted by molar-refractivity contribution is 5.64. The molecule has 0 aliphatic rings. The molecule has 0 atom stereocenters. The first-order chi connectivity index (χ1) is 8.60. The zero-order valence-electron chi connectivity index (χ0n) is 10.2. The molecule has 3 nitrogen and oxygen atoms in total. The van der Waals surface area contributed by atoms with Gasteiger partial charge in [0, 0.05) is 11.4 Å². The minimum Gasteiger partial charge on any atom is -0.339 e. The second-order valence-electron chi connectivity index (χ2n) is 4.05. The lowest BCUT2D eigenvalue weighted by Gasteiger charge is -2.10. The molecular formula is C14H12FN3. The number of nitriles is 1. The molecule has 2 aromatic rings. The first-order valence-corrected chi connectivity index (χ1v) is 5.51. The van der Waals surface area contributed by atoms with Crippen LogP contribution in [0.3, 0.4) is 0 Å². The van der Waals surface area contributed by atoms with Gasteiger partial charge in [-0.05, 0) is 43.7 Å². The molecule has 0 aliphatic heterocycles. The van der Waals surface area contributed by atoms with E-state index in [9.17, 15) is 4.39 Å². The van der Waals surface area contributed by atoms with Crippen LogP contribution in [0.1, 0.15) is 16.8 Å². The quantitative estimate of drug-likeness (QED) is 0.876. The van der Waals surface area contributed by atoms with Crippen LogP contribution in [0.4, 0.5) is 15.9 Å². The van der Waals surface area contributed by atoms with Gasteiger partial charge in [0.05, 0.1) is 5.56 Å². The Bertz CT molecular complexity index is 629. The third kappa shape index (κ3) is 2.46. The van der Waals surface area contributed by atoms with Crippen LogP contribution in [0.5, 0.6) is 0 Å². The number of rotatable bonds is 2. The highest BCUT2D eigenvalue weighted by atomic mass is 19.1. The Kier molecular flexibility index (Phi) is 3.24. The van der Waals surface area contributed by atoms with Crippen LogP contribution in [0.2, 0.25) is 0 Å². The van der Waals surface area contributed by atoms with E-state index in [1.165, 1.54) is 12.1 Å². The van der Waals surface area contributed by atoms with Crippen molar-refractivity contribution >= 4 is 11.5 Å². The molecule has 0 radical (unpaired) electrons. The number of pyridine rings is 1. The van der Waals surface area contributed by atoms with Gasteiger partial charge in [0.25, 0.3) is 0 Å². The van der Waals surface area contributed by atoms with Crippen LogP contribution in [-0.4, -0.2) is 4.98 Å². The van der Waals surface area contributed by atoms with Crippen molar-refractivity contribution in [3.8, 4) is 6.07 Å². The van der Waals surface area contributed by atoms with Crippen molar-refractivity contribution in [1.82, 2.24) is 4.98 Å². The van der Waals surface area contributed by atoms with Crippen LogP contribution in [-0.2, 0) is 0 Å². The van der Waals surface area contributed by atoms with Crippen LogP contribution < -0.4 is 5.32 Å². The Balaban J connectivity index is 2.43. The van der Waals surface area contributed by atoms with Gasteiger partial charge in [-0.25, -0.2) is 9.37 Å². The fraction of sp³-hybridized carbons (Fsp3) is 0.143. The number of nitrogens with zero attached hydrogens (tertiary/aromatic N) is 2. The molecule has 0 spiro atoms. The Morgan fingerprint density at radius 3 is 2.72 bits per heavy atom. The van der Waals surface area contributed by atoms with E-state index in [0.29, 0.717) is 17.1 Å². The van der Waals surface area contributed by atoms with E-state index in [0.717, 1.165) is 11.3 Å². The highest BCUT2D eigenvalue weighted by Crippen LogP contribution is 2.22. The maximum absolute atomic E-state index is 13.1. The molecule has 90 valence electrons. The summed E-state index contributed by atoms with van der Waals surface area (Å²) < 4.78 is 13.1. The molecule has 0 amide bonds. The molecule has 18 heavy (non-hydrogen) atoms. The normalized spacial score (nSPS) is 9.89. The molecule has 4 heteroatoms. The van der Waals surface area contributed by atoms with E-state index >= 15 is 0 Å².